The number of carboxylic acids is 1. The van der Waals surface area contributed by atoms with E-state index in [1.165, 1.54) is 27.7 Å². The third-order valence-electron chi connectivity index (χ3n) is 8.49. The Morgan fingerprint density at radius 2 is 2.02 bits per heavy atom. The van der Waals surface area contributed by atoms with Gasteiger partial charge >= 0.3 is 5.97 Å². The number of alkyl halides is 1. The van der Waals surface area contributed by atoms with Gasteiger partial charge in [-0.05, 0) is 23.8 Å². The lowest BCUT2D eigenvalue weighted by molar-refractivity contribution is -0.158. The van der Waals surface area contributed by atoms with E-state index in [-0.39, 0.29) is 66.3 Å². The minimum absolute atomic E-state index is 0.00872. The van der Waals surface area contributed by atoms with Crippen molar-refractivity contribution in [2.45, 2.75) is 56.4 Å². The van der Waals surface area contributed by atoms with E-state index in [4.69, 9.17) is 5.73 Å². The fourth-order valence-electron chi connectivity index (χ4n) is 6.37. The van der Waals surface area contributed by atoms with Crippen LogP contribution in [0.5, 0.6) is 0 Å². The average Bonchev–Trinajstić information content (AvgIpc) is 3.69. The number of rotatable bonds is 11. The Labute approximate surface area is 246 Å². The minimum atomic E-state index is -1.17. The molecule has 5 rings (SSSR count). The molecule has 0 aliphatic carbocycles. The third-order valence-corrected chi connectivity index (χ3v) is 10.0. The van der Waals surface area contributed by atoms with Crippen LogP contribution in [0.1, 0.15) is 20.3 Å². The van der Waals surface area contributed by atoms with Gasteiger partial charge < -0.3 is 31.3 Å². The highest BCUT2D eigenvalue weighted by Crippen LogP contribution is 2.51. The van der Waals surface area contributed by atoms with Crippen molar-refractivity contribution < 1.29 is 28.7 Å². The number of nitrogens with two attached hydrogens (primary N) is 1. The number of halogens is 1. The molecule has 15 nitrogen and oxygen atoms in total. The summed E-state index contributed by atoms with van der Waals surface area (Å²) in [4.78, 5) is 56.9. The van der Waals surface area contributed by atoms with Crippen LogP contribution in [0.2, 0.25) is 0 Å². The third kappa shape index (κ3) is 6.00. The molecule has 1 aromatic rings. The number of β-lactam (4-membered cyclic amide) rings is 1. The quantitative estimate of drug-likeness (QED) is 0.200. The zero-order chi connectivity index (χ0) is 30.1. The Balaban J connectivity index is 1.17. The summed E-state index contributed by atoms with van der Waals surface area (Å²) in [6.45, 7) is 6.53. The Kier molecular flexibility index (Phi) is 9.10. The van der Waals surface area contributed by atoms with Gasteiger partial charge in [0.05, 0.1) is 18.0 Å². The number of amides is 3. The van der Waals surface area contributed by atoms with Crippen molar-refractivity contribution >= 4 is 35.5 Å². The van der Waals surface area contributed by atoms with Crippen LogP contribution in [0.4, 0.5) is 4.39 Å². The molecule has 42 heavy (non-hydrogen) atoms. The van der Waals surface area contributed by atoms with E-state index in [2.05, 4.69) is 26.2 Å². The molecule has 0 spiro atoms. The number of aliphatic carboxylic acids is 1. The van der Waals surface area contributed by atoms with E-state index in [0.717, 1.165) is 0 Å². The molecule has 0 unspecified atom stereocenters. The highest BCUT2D eigenvalue weighted by molar-refractivity contribution is 8.03. The maximum Gasteiger partial charge on any atom is 0.353 e. The summed E-state index contributed by atoms with van der Waals surface area (Å²) in [5, 5.41) is 26.8. The number of nitrogens with zero attached hydrogens (tertiary/aromatic N) is 7. The number of hydrogen-bond acceptors (Lipinski definition) is 11. The summed E-state index contributed by atoms with van der Waals surface area (Å²) in [6, 6.07) is -1.30. The highest BCUT2D eigenvalue weighted by Gasteiger charge is 2.60. The molecule has 5 N–H and O–H groups in total. The van der Waals surface area contributed by atoms with Crippen molar-refractivity contribution in [2.75, 3.05) is 45.8 Å². The fraction of sp³-hybridized carbons (Fsp3) is 0.720. The molecule has 5 heterocycles. The van der Waals surface area contributed by atoms with Crippen LogP contribution in [0.25, 0.3) is 0 Å². The molecule has 1 aromatic heterocycles. The first-order chi connectivity index (χ1) is 20.1. The van der Waals surface area contributed by atoms with Gasteiger partial charge in [-0.15, -0.1) is 16.9 Å². The zero-order valence-electron chi connectivity index (χ0n) is 23.6. The van der Waals surface area contributed by atoms with Crippen molar-refractivity contribution in [1.82, 2.24) is 45.5 Å². The van der Waals surface area contributed by atoms with Crippen molar-refractivity contribution in [3.63, 3.8) is 0 Å². The van der Waals surface area contributed by atoms with Crippen LogP contribution in [0.15, 0.2) is 16.9 Å². The summed E-state index contributed by atoms with van der Waals surface area (Å²) in [5.74, 6) is -2.70. The number of nitrogens with one attached hydrogen (secondary N) is 2. The molecule has 7 atom stereocenters. The summed E-state index contributed by atoms with van der Waals surface area (Å²) >= 11 is 1.41. The van der Waals surface area contributed by atoms with Crippen LogP contribution in [-0.2, 0) is 25.7 Å². The van der Waals surface area contributed by atoms with Crippen molar-refractivity contribution in [3.05, 3.63) is 16.9 Å². The minimum Gasteiger partial charge on any atom is -0.477 e. The van der Waals surface area contributed by atoms with E-state index >= 15 is 0 Å². The van der Waals surface area contributed by atoms with Crippen LogP contribution >= 0.6 is 11.8 Å². The molecule has 0 aromatic carbocycles. The Morgan fingerprint density at radius 3 is 2.67 bits per heavy atom. The number of carboxylic acid groups (broad SMARTS) is 1. The van der Waals surface area contributed by atoms with Crippen LogP contribution in [-0.4, -0.2) is 139 Å². The van der Waals surface area contributed by atoms with Gasteiger partial charge in [-0.1, -0.05) is 6.92 Å². The molecule has 4 aliphatic heterocycles. The first-order valence-corrected chi connectivity index (χ1v) is 15.0. The maximum atomic E-state index is 13.6. The Bertz CT molecular complexity index is 1230. The first-order valence-electron chi connectivity index (χ1n) is 14.1. The Morgan fingerprint density at radius 1 is 1.29 bits per heavy atom. The topological polar surface area (TPSA) is 192 Å². The van der Waals surface area contributed by atoms with Crippen molar-refractivity contribution in [2.24, 2.45) is 17.6 Å². The summed E-state index contributed by atoms with van der Waals surface area (Å²) in [6.07, 6.45) is 0.763. The largest absolute Gasteiger partial charge is 0.477 e. The normalized spacial score (nSPS) is 29.3. The van der Waals surface area contributed by atoms with Gasteiger partial charge in [-0.3, -0.25) is 19.3 Å². The van der Waals surface area contributed by atoms with Gasteiger partial charge in [0.1, 0.15) is 24.7 Å². The number of fused-ring (bicyclic) bond motifs is 1. The number of tetrazole rings is 1. The molecule has 3 fully saturated rings. The van der Waals surface area contributed by atoms with Crippen LogP contribution in [0.3, 0.4) is 0 Å². The number of thioether (sulfide) groups is 1. The van der Waals surface area contributed by atoms with Gasteiger partial charge in [-0.2, -0.15) is 0 Å². The molecule has 0 bridgehead atoms. The smallest absolute Gasteiger partial charge is 0.353 e. The monoisotopic (exact) mass is 608 g/mol. The zero-order valence-corrected chi connectivity index (χ0v) is 24.4. The second kappa shape index (κ2) is 12.6. The number of carbonyl (C=O) groups is 4. The van der Waals surface area contributed by atoms with Gasteiger partial charge in [0.15, 0.2) is 0 Å². The van der Waals surface area contributed by atoms with Crippen molar-refractivity contribution in [3.8, 4) is 0 Å². The van der Waals surface area contributed by atoms with E-state index in [9.17, 15) is 28.7 Å². The van der Waals surface area contributed by atoms with Crippen LogP contribution in [0, 0.1) is 11.8 Å². The fourth-order valence-corrected chi connectivity index (χ4v) is 7.85. The lowest BCUT2D eigenvalue weighted by atomic mass is 9.78. The molecule has 0 saturated carbocycles. The summed E-state index contributed by atoms with van der Waals surface area (Å²) in [7, 11) is 0. The summed E-state index contributed by atoms with van der Waals surface area (Å²) in [5.41, 5.74) is 5.37. The number of hydrogen-bond donors (Lipinski definition) is 4. The standard InChI is InChI=1S/C25H37FN10O5S/c1-13-20-19(14(2)30-18(37)11-35-12-29-31-32-35)24(39)36(20)21(25(40)41)22(13)42-16-7-17(28-9-16)23(38)34-5-3-33(4-6-34)10-15(26)8-27/h12-17,19-20,28H,3-11,27H2,1-2H3,(H,30,37)(H,40,41)/t13-,14+,15+,16+,17+,19+,20+/m1/s1. The summed E-state index contributed by atoms with van der Waals surface area (Å²) < 4.78 is 14.9. The van der Waals surface area contributed by atoms with E-state index in [1.807, 2.05) is 11.8 Å². The van der Waals surface area contributed by atoms with Crippen LogP contribution < -0.4 is 16.4 Å². The predicted molar refractivity (Wildman–Crippen MR) is 148 cm³/mol. The average molecular weight is 609 g/mol. The molecule has 3 amide bonds. The Hall–Kier alpha value is -3.15. The molecule has 17 heteroatoms. The molecular formula is C25H37FN10O5S. The highest BCUT2D eigenvalue weighted by atomic mass is 32.2. The molecule has 3 saturated heterocycles. The van der Waals surface area contributed by atoms with Crippen molar-refractivity contribution in [1.29, 1.82) is 0 Å². The second-order valence-electron chi connectivity index (χ2n) is 11.3. The second-order valence-corrected chi connectivity index (χ2v) is 12.6. The number of piperazine rings is 1. The lowest BCUT2D eigenvalue weighted by Gasteiger charge is -2.47. The molecular weight excluding hydrogens is 571 g/mol. The number of aromatic nitrogens is 4. The van der Waals surface area contributed by atoms with Gasteiger partial charge in [0.2, 0.25) is 17.7 Å². The van der Waals surface area contributed by atoms with E-state index in [0.29, 0.717) is 44.0 Å². The first kappa shape index (κ1) is 30.3. The molecule has 230 valence electrons. The van der Waals surface area contributed by atoms with Gasteiger partial charge in [0.25, 0.3) is 0 Å². The van der Waals surface area contributed by atoms with E-state index < -0.39 is 24.1 Å². The van der Waals surface area contributed by atoms with Gasteiger partial charge in [-0.25, -0.2) is 13.9 Å². The number of carbonyl (C=O) groups excluding carboxylic acids is 3. The maximum absolute atomic E-state index is 13.6. The molecule has 4 aliphatic rings. The lowest BCUT2D eigenvalue weighted by Crippen LogP contribution is -2.66. The SMILES string of the molecule is C[C@H](NC(=O)Cn1cnnn1)[C@@H]1C(=O)N2C(C(=O)O)=C(S[C@@H]3CN[C@H](C(=O)N4CCN(C[C@@H](F)CN)CC4)C3)[C@H](C)[C@@H]12. The van der Waals surface area contributed by atoms with Gasteiger partial charge in [0, 0.05) is 67.9 Å². The van der Waals surface area contributed by atoms with E-state index in [1.54, 1.807) is 11.8 Å². The predicted octanol–water partition coefficient (Wildman–Crippen LogP) is -2.14. The molecule has 0 radical (unpaired) electrons.